The molecule has 0 aromatic rings. The lowest BCUT2D eigenvalue weighted by atomic mass is 9.88. The van der Waals surface area contributed by atoms with Crippen LogP contribution in [-0.2, 0) is 14.3 Å². The summed E-state index contributed by atoms with van der Waals surface area (Å²) >= 11 is 0. The number of esters is 2. The first-order valence-electron chi connectivity index (χ1n) is 4.96. The van der Waals surface area contributed by atoms with E-state index in [-0.39, 0.29) is 23.8 Å². The Hall–Kier alpha value is -0.860. The van der Waals surface area contributed by atoms with E-state index in [0.29, 0.717) is 0 Å². The lowest BCUT2D eigenvalue weighted by Crippen LogP contribution is -2.17. The van der Waals surface area contributed by atoms with Gasteiger partial charge in [0.15, 0.2) is 0 Å². The average Bonchev–Trinajstić information content (AvgIpc) is 2.33. The third-order valence-electron chi connectivity index (χ3n) is 2.49. The summed E-state index contributed by atoms with van der Waals surface area (Å²) in [5.41, 5.74) is 0. The van der Waals surface area contributed by atoms with Gasteiger partial charge in [-0.2, -0.15) is 0 Å². The van der Waals surface area contributed by atoms with Crippen LogP contribution >= 0.6 is 0 Å². The Morgan fingerprint density at radius 2 is 1.38 bits per heavy atom. The van der Waals surface area contributed by atoms with E-state index in [0.717, 1.165) is 25.7 Å². The molecule has 0 saturated carbocycles. The molecule has 1 saturated heterocycles. The first kappa shape index (κ1) is 10.2. The molecule has 3 nitrogen and oxygen atoms in total. The van der Waals surface area contributed by atoms with Gasteiger partial charge in [-0.3, -0.25) is 9.59 Å². The second-order valence-electron chi connectivity index (χ2n) is 3.53. The van der Waals surface area contributed by atoms with E-state index in [2.05, 4.69) is 4.74 Å². The van der Waals surface area contributed by atoms with Crippen molar-refractivity contribution in [2.24, 2.45) is 11.8 Å². The van der Waals surface area contributed by atoms with Gasteiger partial charge in [-0.1, -0.05) is 26.7 Å². The zero-order valence-electron chi connectivity index (χ0n) is 8.21. The molecule has 0 radical (unpaired) electrons. The number of carbonyl (C=O) groups is 2. The highest BCUT2D eigenvalue weighted by atomic mass is 16.6. The van der Waals surface area contributed by atoms with Crippen molar-refractivity contribution in [3.05, 3.63) is 0 Å². The van der Waals surface area contributed by atoms with Gasteiger partial charge in [0, 0.05) is 0 Å². The summed E-state index contributed by atoms with van der Waals surface area (Å²) in [6.45, 7) is 4.03. The number of hydrogen-bond acceptors (Lipinski definition) is 3. The molecule has 0 unspecified atom stereocenters. The van der Waals surface area contributed by atoms with Gasteiger partial charge in [0.2, 0.25) is 0 Å². The minimum atomic E-state index is -0.315. The maximum atomic E-state index is 11.2. The van der Waals surface area contributed by atoms with Gasteiger partial charge in [-0.05, 0) is 12.8 Å². The van der Waals surface area contributed by atoms with Crippen molar-refractivity contribution in [2.45, 2.75) is 39.5 Å². The zero-order chi connectivity index (χ0) is 9.84. The van der Waals surface area contributed by atoms with Crippen LogP contribution in [0.3, 0.4) is 0 Å². The van der Waals surface area contributed by atoms with E-state index in [1.54, 1.807) is 0 Å². The second kappa shape index (κ2) is 4.40. The quantitative estimate of drug-likeness (QED) is 0.495. The van der Waals surface area contributed by atoms with Gasteiger partial charge in [0.25, 0.3) is 0 Å². The van der Waals surface area contributed by atoms with Crippen molar-refractivity contribution in [2.75, 3.05) is 0 Å². The van der Waals surface area contributed by atoms with Gasteiger partial charge in [0.05, 0.1) is 11.8 Å². The molecule has 0 spiro atoms. The Morgan fingerprint density at radius 1 is 1.00 bits per heavy atom. The molecule has 1 aliphatic rings. The van der Waals surface area contributed by atoms with Gasteiger partial charge < -0.3 is 4.74 Å². The third-order valence-corrected chi connectivity index (χ3v) is 2.49. The molecule has 0 aromatic carbocycles. The zero-order valence-corrected chi connectivity index (χ0v) is 8.21. The van der Waals surface area contributed by atoms with E-state index in [4.69, 9.17) is 0 Å². The first-order valence-corrected chi connectivity index (χ1v) is 4.96. The Labute approximate surface area is 78.5 Å². The van der Waals surface area contributed by atoms with Crippen LogP contribution in [-0.4, -0.2) is 11.9 Å². The van der Waals surface area contributed by atoms with Crippen LogP contribution in [0, 0.1) is 11.8 Å². The predicted molar refractivity (Wildman–Crippen MR) is 47.9 cm³/mol. The van der Waals surface area contributed by atoms with Crippen LogP contribution < -0.4 is 0 Å². The van der Waals surface area contributed by atoms with Crippen molar-refractivity contribution in [3.63, 3.8) is 0 Å². The van der Waals surface area contributed by atoms with Gasteiger partial charge in [0.1, 0.15) is 0 Å². The monoisotopic (exact) mass is 184 g/mol. The van der Waals surface area contributed by atoms with Crippen molar-refractivity contribution in [1.29, 1.82) is 0 Å². The van der Waals surface area contributed by atoms with Crippen molar-refractivity contribution < 1.29 is 14.3 Å². The van der Waals surface area contributed by atoms with E-state index >= 15 is 0 Å². The van der Waals surface area contributed by atoms with Crippen molar-refractivity contribution >= 4 is 11.9 Å². The largest absolute Gasteiger partial charge is 0.393 e. The average molecular weight is 184 g/mol. The fraction of sp³-hybridized carbons (Fsp3) is 0.800. The van der Waals surface area contributed by atoms with Gasteiger partial charge >= 0.3 is 11.9 Å². The number of cyclic esters (lactones) is 2. The summed E-state index contributed by atoms with van der Waals surface area (Å²) in [6.07, 6.45) is 3.39. The third kappa shape index (κ3) is 2.08. The summed E-state index contributed by atoms with van der Waals surface area (Å²) in [6, 6.07) is 0. The Balaban J connectivity index is 2.65. The minimum Gasteiger partial charge on any atom is -0.393 e. The maximum Gasteiger partial charge on any atom is 0.317 e. The molecule has 1 rings (SSSR count). The van der Waals surface area contributed by atoms with Crippen LogP contribution in [0.4, 0.5) is 0 Å². The lowest BCUT2D eigenvalue weighted by molar-refractivity contribution is -0.153. The van der Waals surface area contributed by atoms with E-state index in [1.165, 1.54) is 0 Å². The molecular weight excluding hydrogens is 168 g/mol. The lowest BCUT2D eigenvalue weighted by Gasteiger charge is -2.10. The Bertz CT molecular complexity index is 188. The minimum absolute atomic E-state index is 0.169. The van der Waals surface area contributed by atoms with Gasteiger partial charge in [-0.25, -0.2) is 0 Å². The highest BCUT2D eigenvalue weighted by Gasteiger charge is 2.42. The highest BCUT2D eigenvalue weighted by molar-refractivity contribution is 5.96. The molecule has 0 bridgehead atoms. The predicted octanol–water partition coefficient (Wildman–Crippen LogP) is 1.90. The Morgan fingerprint density at radius 3 is 1.69 bits per heavy atom. The van der Waals surface area contributed by atoms with Crippen LogP contribution in [0.1, 0.15) is 39.5 Å². The van der Waals surface area contributed by atoms with Crippen LogP contribution in [0.15, 0.2) is 0 Å². The molecular formula is C10H16O3. The molecule has 0 N–H and O–H groups in total. The van der Waals surface area contributed by atoms with E-state index < -0.39 is 0 Å². The smallest absolute Gasteiger partial charge is 0.317 e. The summed E-state index contributed by atoms with van der Waals surface area (Å²) in [5.74, 6) is -0.967. The molecule has 1 aliphatic heterocycles. The summed E-state index contributed by atoms with van der Waals surface area (Å²) in [5, 5.41) is 0. The SMILES string of the molecule is CCC[C@H]1C(=O)OC(=O)[C@@H]1CCC. The molecule has 0 aromatic heterocycles. The standard InChI is InChI=1S/C10H16O3/c1-3-5-7-8(6-4-2)10(12)13-9(7)11/h7-8H,3-6H2,1-2H3/t7-,8-/m1/s1. The fourth-order valence-corrected chi connectivity index (χ4v) is 1.84. The molecule has 0 aliphatic carbocycles. The van der Waals surface area contributed by atoms with E-state index in [1.807, 2.05) is 13.8 Å². The molecule has 13 heavy (non-hydrogen) atoms. The van der Waals surface area contributed by atoms with Crippen molar-refractivity contribution in [3.8, 4) is 0 Å². The van der Waals surface area contributed by atoms with E-state index in [9.17, 15) is 9.59 Å². The number of carbonyl (C=O) groups excluding carboxylic acids is 2. The highest BCUT2D eigenvalue weighted by Crippen LogP contribution is 2.30. The fourth-order valence-electron chi connectivity index (χ4n) is 1.84. The van der Waals surface area contributed by atoms with Crippen LogP contribution in [0.2, 0.25) is 0 Å². The normalized spacial score (nSPS) is 27.8. The molecule has 0 amide bonds. The molecule has 3 heteroatoms. The first-order chi connectivity index (χ1) is 6.20. The molecule has 74 valence electrons. The summed E-state index contributed by atoms with van der Waals surface area (Å²) < 4.78 is 4.61. The Kier molecular flexibility index (Phi) is 3.46. The summed E-state index contributed by atoms with van der Waals surface area (Å²) in [4.78, 5) is 22.4. The molecule has 1 heterocycles. The molecule has 2 atom stereocenters. The summed E-state index contributed by atoms with van der Waals surface area (Å²) in [7, 11) is 0. The molecule has 1 fully saturated rings. The van der Waals surface area contributed by atoms with Gasteiger partial charge in [-0.15, -0.1) is 0 Å². The van der Waals surface area contributed by atoms with Crippen molar-refractivity contribution in [1.82, 2.24) is 0 Å². The number of rotatable bonds is 4. The maximum absolute atomic E-state index is 11.2. The number of hydrogen-bond donors (Lipinski definition) is 0. The topological polar surface area (TPSA) is 43.4 Å². The second-order valence-corrected chi connectivity index (χ2v) is 3.53. The number of ether oxygens (including phenoxy) is 1. The van der Waals surface area contributed by atoms with Crippen LogP contribution in [0.25, 0.3) is 0 Å². The van der Waals surface area contributed by atoms with Crippen LogP contribution in [0.5, 0.6) is 0 Å².